The molecule has 0 heterocycles. The van der Waals surface area contributed by atoms with Crippen molar-refractivity contribution in [2.75, 3.05) is 10.1 Å². The number of carbonyl (C=O) groups is 1. The number of sulfonamides is 1. The van der Waals surface area contributed by atoms with E-state index in [1.54, 1.807) is 72.8 Å². The number of rotatable bonds is 6. The van der Waals surface area contributed by atoms with Crippen molar-refractivity contribution in [1.82, 2.24) is 0 Å². The van der Waals surface area contributed by atoms with Crippen molar-refractivity contribution >= 4 is 45.0 Å². The molecule has 0 aliphatic heterocycles. The highest BCUT2D eigenvalue weighted by Crippen LogP contribution is 2.26. The molecule has 0 bridgehead atoms. The van der Waals surface area contributed by atoms with Gasteiger partial charge in [-0.2, -0.15) is 0 Å². The SMILES string of the molecule is O=C(CSc1ccc(Cl)cc1)N(c1ccccc1)S(=O)(=O)c1ccccc1. The number of nitrogens with zero attached hydrogens (tertiary/aromatic N) is 1. The Kier molecular flexibility index (Phi) is 6.21. The molecule has 4 nitrogen and oxygen atoms in total. The number of anilines is 1. The van der Waals surface area contributed by atoms with Crippen molar-refractivity contribution in [1.29, 1.82) is 0 Å². The van der Waals surface area contributed by atoms with E-state index in [0.29, 0.717) is 10.7 Å². The molecule has 0 spiro atoms. The van der Waals surface area contributed by atoms with Crippen molar-refractivity contribution in [3.63, 3.8) is 0 Å². The van der Waals surface area contributed by atoms with Crippen LogP contribution in [0.1, 0.15) is 0 Å². The lowest BCUT2D eigenvalue weighted by Gasteiger charge is -2.22. The lowest BCUT2D eigenvalue weighted by atomic mass is 10.3. The normalized spacial score (nSPS) is 11.1. The van der Waals surface area contributed by atoms with Crippen LogP contribution < -0.4 is 4.31 Å². The van der Waals surface area contributed by atoms with Gasteiger partial charge < -0.3 is 0 Å². The second-order valence-corrected chi connectivity index (χ2v) is 8.83. The number of halogens is 1. The Morgan fingerprint density at radius 3 is 2.00 bits per heavy atom. The molecule has 0 aromatic heterocycles. The number of para-hydroxylation sites is 1. The topological polar surface area (TPSA) is 54.5 Å². The van der Waals surface area contributed by atoms with Gasteiger partial charge in [0.05, 0.1) is 16.3 Å². The molecule has 1 amide bonds. The zero-order chi connectivity index (χ0) is 19.3. The molecule has 0 saturated heterocycles. The molecular weight excluding hydrogens is 402 g/mol. The van der Waals surface area contributed by atoms with Crippen LogP contribution >= 0.6 is 23.4 Å². The van der Waals surface area contributed by atoms with Gasteiger partial charge in [0.15, 0.2) is 0 Å². The minimum atomic E-state index is -4.02. The second kappa shape index (κ2) is 8.61. The number of hydrogen-bond donors (Lipinski definition) is 0. The molecule has 7 heteroatoms. The minimum Gasteiger partial charge on any atom is -0.272 e. The third kappa shape index (κ3) is 4.71. The molecule has 0 N–H and O–H groups in total. The van der Waals surface area contributed by atoms with Gasteiger partial charge in [-0.1, -0.05) is 48.0 Å². The molecule has 138 valence electrons. The van der Waals surface area contributed by atoms with E-state index in [0.717, 1.165) is 9.20 Å². The maximum absolute atomic E-state index is 13.1. The van der Waals surface area contributed by atoms with E-state index in [1.165, 1.54) is 23.9 Å². The zero-order valence-electron chi connectivity index (χ0n) is 14.2. The average molecular weight is 418 g/mol. The van der Waals surface area contributed by atoms with Crippen LogP contribution in [-0.2, 0) is 14.8 Å². The highest BCUT2D eigenvalue weighted by atomic mass is 35.5. The van der Waals surface area contributed by atoms with Gasteiger partial charge in [0.2, 0.25) is 0 Å². The third-order valence-corrected chi connectivity index (χ3v) is 6.69. The molecule has 0 saturated carbocycles. The van der Waals surface area contributed by atoms with Crippen molar-refractivity contribution in [2.24, 2.45) is 0 Å². The fourth-order valence-electron chi connectivity index (χ4n) is 2.41. The van der Waals surface area contributed by atoms with Gasteiger partial charge in [-0.25, -0.2) is 12.7 Å². The summed E-state index contributed by atoms with van der Waals surface area (Å²) in [6.07, 6.45) is 0. The Morgan fingerprint density at radius 2 is 1.41 bits per heavy atom. The van der Waals surface area contributed by atoms with Gasteiger partial charge >= 0.3 is 0 Å². The highest BCUT2D eigenvalue weighted by molar-refractivity contribution is 8.00. The van der Waals surface area contributed by atoms with E-state index < -0.39 is 15.9 Å². The van der Waals surface area contributed by atoms with E-state index >= 15 is 0 Å². The van der Waals surface area contributed by atoms with Crippen molar-refractivity contribution < 1.29 is 13.2 Å². The predicted molar refractivity (Wildman–Crippen MR) is 110 cm³/mol. The summed E-state index contributed by atoms with van der Waals surface area (Å²) < 4.78 is 27.1. The largest absolute Gasteiger partial charge is 0.272 e. The van der Waals surface area contributed by atoms with Crippen LogP contribution in [0.2, 0.25) is 5.02 Å². The lowest BCUT2D eigenvalue weighted by molar-refractivity contribution is -0.115. The van der Waals surface area contributed by atoms with Crippen molar-refractivity contribution in [3.05, 3.63) is 90.0 Å². The van der Waals surface area contributed by atoms with Gasteiger partial charge in [0, 0.05) is 9.92 Å². The first-order chi connectivity index (χ1) is 13.0. The standard InChI is InChI=1S/C20H16ClNO3S2/c21-16-11-13-18(14-12-16)26-15-20(23)22(17-7-3-1-4-8-17)27(24,25)19-9-5-2-6-10-19/h1-14H,15H2. The number of benzene rings is 3. The van der Waals surface area contributed by atoms with Crippen LogP contribution in [0.15, 0.2) is 94.7 Å². The number of hydrogen-bond acceptors (Lipinski definition) is 4. The quantitative estimate of drug-likeness (QED) is 0.538. The van der Waals surface area contributed by atoms with Crippen LogP contribution in [0, 0.1) is 0 Å². The minimum absolute atomic E-state index is 0.0252. The maximum atomic E-state index is 13.1. The van der Waals surface area contributed by atoms with Gasteiger partial charge in [0.25, 0.3) is 15.9 Å². The van der Waals surface area contributed by atoms with Gasteiger partial charge in [0.1, 0.15) is 0 Å². The lowest BCUT2D eigenvalue weighted by Crippen LogP contribution is -2.38. The Hall–Kier alpha value is -2.28. The predicted octanol–water partition coefficient (Wildman–Crippen LogP) is 4.85. The first kappa shape index (κ1) is 19.5. The Morgan fingerprint density at radius 1 is 0.852 bits per heavy atom. The van der Waals surface area contributed by atoms with Crippen molar-refractivity contribution in [2.45, 2.75) is 9.79 Å². The van der Waals surface area contributed by atoms with Crippen LogP contribution in [0.25, 0.3) is 0 Å². The molecule has 0 radical (unpaired) electrons. The first-order valence-electron chi connectivity index (χ1n) is 8.05. The smallest absolute Gasteiger partial charge is 0.270 e. The molecule has 27 heavy (non-hydrogen) atoms. The zero-order valence-corrected chi connectivity index (χ0v) is 16.5. The molecule has 3 aromatic carbocycles. The molecule has 0 atom stereocenters. The summed E-state index contributed by atoms with van der Waals surface area (Å²) >= 11 is 7.13. The number of thioether (sulfide) groups is 1. The summed E-state index contributed by atoms with van der Waals surface area (Å²) in [5.41, 5.74) is 0.308. The van der Waals surface area contributed by atoms with Crippen molar-refractivity contribution in [3.8, 4) is 0 Å². The van der Waals surface area contributed by atoms with E-state index in [1.807, 2.05) is 0 Å². The van der Waals surface area contributed by atoms with Crippen LogP contribution in [0.3, 0.4) is 0 Å². The fraction of sp³-hybridized carbons (Fsp3) is 0.0500. The van der Waals surface area contributed by atoms with Gasteiger partial charge in [-0.15, -0.1) is 11.8 Å². The van der Waals surface area contributed by atoms with E-state index in [9.17, 15) is 13.2 Å². The fourth-order valence-corrected chi connectivity index (χ4v) is 4.81. The molecule has 0 unspecified atom stereocenters. The second-order valence-electron chi connectivity index (χ2n) is 5.55. The number of carbonyl (C=O) groups excluding carboxylic acids is 1. The number of amides is 1. The highest BCUT2D eigenvalue weighted by Gasteiger charge is 2.30. The summed E-state index contributed by atoms with van der Waals surface area (Å²) in [7, 11) is -4.02. The maximum Gasteiger partial charge on any atom is 0.270 e. The van der Waals surface area contributed by atoms with Gasteiger partial charge in [-0.05, 0) is 48.5 Å². The Bertz CT molecular complexity index is 1010. The van der Waals surface area contributed by atoms with E-state index in [2.05, 4.69) is 0 Å². The third-order valence-electron chi connectivity index (χ3n) is 3.67. The summed E-state index contributed by atoms with van der Waals surface area (Å²) in [4.78, 5) is 13.8. The van der Waals surface area contributed by atoms with Crippen LogP contribution in [0.4, 0.5) is 5.69 Å². The summed E-state index contributed by atoms with van der Waals surface area (Å²) in [5.74, 6) is -0.548. The monoisotopic (exact) mass is 417 g/mol. The van der Waals surface area contributed by atoms with E-state index in [-0.39, 0.29) is 10.6 Å². The van der Waals surface area contributed by atoms with Crippen LogP contribution in [-0.4, -0.2) is 20.1 Å². The summed E-state index contributed by atoms with van der Waals surface area (Å²) in [6, 6.07) is 23.3. The first-order valence-corrected chi connectivity index (χ1v) is 10.9. The van der Waals surface area contributed by atoms with Crippen LogP contribution in [0.5, 0.6) is 0 Å². The molecule has 0 aliphatic rings. The average Bonchev–Trinajstić information content (AvgIpc) is 2.69. The molecule has 3 rings (SSSR count). The summed E-state index contributed by atoms with van der Waals surface area (Å²) in [6.45, 7) is 0. The molecule has 0 fully saturated rings. The molecule has 3 aromatic rings. The van der Waals surface area contributed by atoms with Gasteiger partial charge in [-0.3, -0.25) is 4.79 Å². The molecular formula is C20H16ClNO3S2. The van der Waals surface area contributed by atoms with E-state index in [4.69, 9.17) is 11.6 Å². The Labute approximate surface area is 167 Å². The Balaban J connectivity index is 1.90. The summed E-state index contributed by atoms with van der Waals surface area (Å²) in [5, 5.41) is 0.600. The molecule has 0 aliphatic carbocycles.